The summed E-state index contributed by atoms with van der Waals surface area (Å²) in [6.07, 6.45) is 2.19. The number of nitrogen functional groups attached to an aromatic ring is 1. The van der Waals surface area contributed by atoms with Gasteiger partial charge in [0.1, 0.15) is 0 Å². The number of ketones is 1. The van der Waals surface area contributed by atoms with Crippen molar-refractivity contribution >= 4 is 23.1 Å². The molecule has 0 aliphatic carbocycles. The predicted molar refractivity (Wildman–Crippen MR) is 79.9 cm³/mol. The van der Waals surface area contributed by atoms with Crippen LogP contribution in [0.2, 0.25) is 0 Å². The fraction of sp³-hybridized carbons (Fsp3) is 0.467. The van der Waals surface area contributed by atoms with Crippen LogP contribution in [0.4, 0.5) is 11.4 Å². The SMILES string of the molecule is CC(=O)c1ccc(N(C)CC(=O)N2CCCC2)cc1N. The van der Waals surface area contributed by atoms with Crippen molar-refractivity contribution in [3.8, 4) is 0 Å². The Kier molecular flexibility index (Phi) is 4.27. The average molecular weight is 275 g/mol. The van der Waals surface area contributed by atoms with Crippen LogP contribution in [0.1, 0.15) is 30.1 Å². The summed E-state index contributed by atoms with van der Waals surface area (Å²) in [6, 6.07) is 5.28. The van der Waals surface area contributed by atoms with E-state index in [4.69, 9.17) is 5.73 Å². The molecule has 108 valence electrons. The first-order valence-electron chi connectivity index (χ1n) is 6.88. The minimum Gasteiger partial charge on any atom is -0.398 e. The molecule has 2 N–H and O–H groups in total. The zero-order valence-electron chi connectivity index (χ0n) is 12.1. The Bertz CT molecular complexity index is 522. The van der Waals surface area contributed by atoms with Crippen LogP contribution in [0.15, 0.2) is 18.2 Å². The van der Waals surface area contributed by atoms with E-state index in [9.17, 15) is 9.59 Å². The van der Waals surface area contributed by atoms with Crippen molar-refractivity contribution in [3.63, 3.8) is 0 Å². The molecule has 0 bridgehead atoms. The van der Waals surface area contributed by atoms with E-state index in [1.165, 1.54) is 6.92 Å². The molecule has 0 aromatic heterocycles. The molecule has 0 radical (unpaired) electrons. The van der Waals surface area contributed by atoms with Crippen LogP contribution in [-0.2, 0) is 4.79 Å². The fourth-order valence-electron chi connectivity index (χ4n) is 2.47. The van der Waals surface area contributed by atoms with E-state index in [0.29, 0.717) is 17.8 Å². The molecule has 5 heteroatoms. The van der Waals surface area contributed by atoms with Crippen molar-refractivity contribution < 1.29 is 9.59 Å². The number of hydrogen-bond donors (Lipinski definition) is 1. The lowest BCUT2D eigenvalue weighted by molar-refractivity contribution is -0.128. The van der Waals surface area contributed by atoms with Gasteiger partial charge in [0.2, 0.25) is 5.91 Å². The zero-order chi connectivity index (χ0) is 14.7. The number of likely N-dealkylation sites (N-methyl/N-ethyl adjacent to an activating group) is 1. The molecular formula is C15H21N3O2. The minimum atomic E-state index is -0.0511. The van der Waals surface area contributed by atoms with Gasteiger partial charge in [-0.15, -0.1) is 0 Å². The summed E-state index contributed by atoms with van der Waals surface area (Å²) in [5.41, 5.74) is 7.69. The Morgan fingerprint density at radius 1 is 1.30 bits per heavy atom. The number of rotatable bonds is 4. The standard InChI is InChI=1S/C15H21N3O2/c1-11(19)13-6-5-12(9-14(13)16)17(2)10-15(20)18-7-3-4-8-18/h5-6,9H,3-4,7-8,10,16H2,1-2H3. The van der Waals surface area contributed by atoms with Gasteiger partial charge in [-0.3, -0.25) is 9.59 Å². The molecule has 1 saturated heterocycles. The van der Waals surface area contributed by atoms with Crippen molar-refractivity contribution in [2.75, 3.05) is 37.3 Å². The molecule has 1 fully saturated rings. The number of amides is 1. The van der Waals surface area contributed by atoms with Gasteiger partial charge in [0.15, 0.2) is 5.78 Å². The zero-order valence-corrected chi connectivity index (χ0v) is 12.1. The number of anilines is 2. The van der Waals surface area contributed by atoms with Gasteiger partial charge >= 0.3 is 0 Å². The van der Waals surface area contributed by atoms with Crippen LogP contribution in [0.3, 0.4) is 0 Å². The highest BCUT2D eigenvalue weighted by molar-refractivity contribution is 5.99. The van der Waals surface area contributed by atoms with E-state index in [1.807, 2.05) is 22.9 Å². The molecule has 1 amide bonds. The highest BCUT2D eigenvalue weighted by atomic mass is 16.2. The summed E-state index contributed by atoms with van der Waals surface area (Å²) in [6.45, 7) is 3.54. The summed E-state index contributed by atoms with van der Waals surface area (Å²) in [7, 11) is 1.86. The quantitative estimate of drug-likeness (QED) is 0.668. The summed E-state index contributed by atoms with van der Waals surface area (Å²) < 4.78 is 0. The molecule has 1 aromatic carbocycles. The van der Waals surface area contributed by atoms with Crippen molar-refractivity contribution in [1.29, 1.82) is 0 Å². The normalized spacial score (nSPS) is 14.4. The first-order valence-corrected chi connectivity index (χ1v) is 6.88. The third-order valence-corrected chi connectivity index (χ3v) is 3.69. The molecule has 1 aliphatic heterocycles. The van der Waals surface area contributed by atoms with Gasteiger partial charge in [0.05, 0.1) is 6.54 Å². The lowest BCUT2D eigenvalue weighted by Gasteiger charge is -2.23. The summed E-state index contributed by atoms with van der Waals surface area (Å²) in [5, 5.41) is 0. The van der Waals surface area contributed by atoms with E-state index in [1.54, 1.807) is 12.1 Å². The number of benzene rings is 1. The maximum atomic E-state index is 12.1. The Labute approximate surface area is 119 Å². The maximum absolute atomic E-state index is 12.1. The molecule has 1 aromatic rings. The Morgan fingerprint density at radius 3 is 2.50 bits per heavy atom. The van der Waals surface area contributed by atoms with Crippen LogP contribution >= 0.6 is 0 Å². The summed E-state index contributed by atoms with van der Waals surface area (Å²) in [5.74, 6) is 0.0871. The average Bonchev–Trinajstić information content (AvgIpc) is 2.91. The molecular weight excluding hydrogens is 254 g/mol. The Morgan fingerprint density at radius 2 is 1.95 bits per heavy atom. The van der Waals surface area contributed by atoms with Crippen molar-refractivity contribution in [1.82, 2.24) is 4.90 Å². The molecule has 0 unspecified atom stereocenters. The molecule has 1 aliphatic rings. The van der Waals surface area contributed by atoms with Gasteiger partial charge in [-0.1, -0.05) is 0 Å². The van der Waals surface area contributed by atoms with Crippen molar-refractivity contribution in [2.24, 2.45) is 0 Å². The largest absolute Gasteiger partial charge is 0.398 e. The van der Waals surface area contributed by atoms with Gasteiger partial charge in [-0.25, -0.2) is 0 Å². The predicted octanol–water partition coefficient (Wildman–Crippen LogP) is 1.53. The van der Waals surface area contributed by atoms with E-state index < -0.39 is 0 Å². The maximum Gasteiger partial charge on any atom is 0.242 e. The molecule has 1 heterocycles. The summed E-state index contributed by atoms with van der Waals surface area (Å²) in [4.78, 5) is 27.2. The number of hydrogen-bond acceptors (Lipinski definition) is 4. The number of nitrogens with zero attached hydrogens (tertiary/aromatic N) is 2. The topological polar surface area (TPSA) is 66.6 Å². The van der Waals surface area contributed by atoms with E-state index in [2.05, 4.69) is 0 Å². The van der Waals surface area contributed by atoms with Crippen LogP contribution in [-0.4, -0.2) is 43.3 Å². The highest BCUT2D eigenvalue weighted by Gasteiger charge is 2.19. The van der Waals surface area contributed by atoms with Crippen molar-refractivity contribution in [2.45, 2.75) is 19.8 Å². The lowest BCUT2D eigenvalue weighted by Crippen LogP contribution is -2.37. The summed E-state index contributed by atoms with van der Waals surface area (Å²) >= 11 is 0. The van der Waals surface area contributed by atoms with Gasteiger partial charge < -0.3 is 15.5 Å². The van der Waals surface area contributed by atoms with E-state index >= 15 is 0 Å². The molecule has 0 spiro atoms. The third kappa shape index (κ3) is 3.10. The van der Waals surface area contributed by atoms with Gasteiger partial charge in [-0.2, -0.15) is 0 Å². The second kappa shape index (κ2) is 5.94. The van der Waals surface area contributed by atoms with E-state index in [0.717, 1.165) is 31.6 Å². The first-order chi connectivity index (χ1) is 9.49. The number of likely N-dealkylation sites (tertiary alicyclic amines) is 1. The lowest BCUT2D eigenvalue weighted by atomic mass is 10.1. The van der Waals surface area contributed by atoms with Crippen molar-refractivity contribution in [3.05, 3.63) is 23.8 Å². The molecule has 2 rings (SSSR count). The number of nitrogens with two attached hydrogens (primary N) is 1. The van der Waals surface area contributed by atoms with Crippen LogP contribution < -0.4 is 10.6 Å². The number of Topliss-reactive ketones (excluding diaryl/α,β-unsaturated/α-hetero) is 1. The molecule has 20 heavy (non-hydrogen) atoms. The van der Waals surface area contributed by atoms with Crippen LogP contribution in [0.25, 0.3) is 0 Å². The second-order valence-electron chi connectivity index (χ2n) is 5.27. The van der Waals surface area contributed by atoms with Crippen LogP contribution in [0.5, 0.6) is 0 Å². The fourth-order valence-corrected chi connectivity index (χ4v) is 2.47. The minimum absolute atomic E-state index is 0.0511. The van der Waals surface area contributed by atoms with Gasteiger partial charge in [0.25, 0.3) is 0 Å². The smallest absolute Gasteiger partial charge is 0.242 e. The first kappa shape index (κ1) is 14.4. The monoisotopic (exact) mass is 275 g/mol. The number of carbonyl (C=O) groups is 2. The highest BCUT2D eigenvalue weighted by Crippen LogP contribution is 2.21. The van der Waals surface area contributed by atoms with Crippen LogP contribution in [0, 0.1) is 0 Å². The number of carbonyl (C=O) groups excluding carboxylic acids is 2. The van der Waals surface area contributed by atoms with E-state index in [-0.39, 0.29) is 11.7 Å². The molecule has 5 nitrogen and oxygen atoms in total. The van der Waals surface area contributed by atoms with Gasteiger partial charge in [0, 0.05) is 37.1 Å². The van der Waals surface area contributed by atoms with Gasteiger partial charge in [-0.05, 0) is 38.0 Å². The Hall–Kier alpha value is -2.04. The molecule has 0 saturated carbocycles. The second-order valence-corrected chi connectivity index (χ2v) is 5.27. The Balaban J connectivity index is 2.05. The molecule has 0 atom stereocenters. The third-order valence-electron chi connectivity index (χ3n) is 3.69.